The fourth-order valence-electron chi connectivity index (χ4n) is 2.66. The van der Waals surface area contributed by atoms with Crippen LogP contribution in [0.1, 0.15) is 59.8 Å². The van der Waals surface area contributed by atoms with Crippen LogP contribution in [0.4, 0.5) is 0 Å². The molecular weight excluding hydrogens is 200 g/mol. The van der Waals surface area contributed by atoms with Crippen LogP contribution in [0, 0.1) is 17.3 Å². The number of carbonyl (C=O) groups excluding carboxylic acids is 1. The minimum absolute atomic E-state index is 0.0234. The van der Waals surface area contributed by atoms with Gasteiger partial charge in [-0.05, 0) is 43.9 Å². The first-order valence-electron chi connectivity index (χ1n) is 6.68. The lowest BCUT2D eigenvalue weighted by molar-refractivity contribution is -0.149. The Balaban J connectivity index is 2.42. The molecule has 2 heteroatoms. The molecule has 1 aliphatic carbocycles. The summed E-state index contributed by atoms with van der Waals surface area (Å²) in [6.45, 7) is 9.35. The number of carbonyl (C=O) groups is 1. The first-order chi connectivity index (χ1) is 7.51. The van der Waals surface area contributed by atoms with Crippen LogP contribution in [0.15, 0.2) is 0 Å². The summed E-state index contributed by atoms with van der Waals surface area (Å²) in [6.07, 6.45) is 5.64. The molecule has 1 aliphatic rings. The van der Waals surface area contributed by atoms with Crippen LogP contribution in [0.25, 0.3) is 0 Å². The average molecular weight is 226 g/mol. The number of hydrogen-bond donors (Lipinski definition) is 0. The Labute approximate surface area is 99.8 Å². The van der Waals surface area contributed by atoms with Crippen molar-refractivity contribution in [2.45, 2.75) is 59.8 Å². The van der Waals surface area contributed by atoms with E-state index < -0.39 is 0 Å². The Morgan fingerprint density at radius 3 is 2.19 bits per heavy atom. The molecule has 1 rings (SSSR count). The lowest BCUT2D eigenvalue weighted by Gasteiger charge is -2.38. The molecule has 0 heterocycles. The Bertz CT molecular complexity index is 225. The fraction of sp³-hybridized carbons (Fsp3) is 0.929. The molecule has 0 aromatic carbocycles. The normalized spacial score (nSPS) is 26.5. The number of esters is 1. The largest absolute Gasteiger partial charge is 0.466 e. The van der Waals surface area contributed by atoms with Crippen molar-refractivity contribution in [3.8, 4) is 0 Å². The first kappa shape index (κ1) is 13.5. The van der Waals surface area contributed by atoms with Gasteiger partial charge in [-0.15, -0.1) is 0 Å². The maximum Gasteiger partial charge on any atom is 0.308 e. The minimum atomic E-state index is 0.0234. The zero-order chi connectivity index (χ0) is 12.2. The maximum absolute atomic E-state index is 11.6. The summed E-state index contributed by atoms with van der Waals surface area (Å²) in [5.41, 5.74) is 0.430. The van der Waals surface area contributed by atoms with Gasteiger partial charge in [-0.2, -0.15) is 0 Å². The second-order valence-corrected chi connectivity index (χ2v) is 5.64. The highest BCUT2D eigenvalue weighted by Gasteiger charge is 2.34. The SMILES string of the molecule is CCOC(=O)C1CCC(C(C)(C)CC)CC1. The van der Waals surface area contributed by atoms with Crippen molar-refractivity contribution in [3.63, 3.8) is 0 Å². The van der Waals surface area contributed by atoms with Crippen LogP contribution in [0.3, 0.4) is 0 Å². The van der Waals surface area contributed by atoms with E-state index in [2.05, 4.69) is 20.8 Å². The van der Waals surface area contributed by atoms with E-state index >= 15 is 0 Å². The highest BCUT2D eigenvalue weighted by Crippen LogP contribution is 2.42. The second kappa shape index (κ2) is 5.70. The van der Waals surface area contributed by atoms with E-state index in [0.29, 0.717) is 12.0 Å². The summed E-state index contributed by atoms with van der Waals surface area (Å²) in [5, 5.41) is 0. The van der Waals surface area contributed by atoms with Crippen molar-refractivity contribution >= 4 is 5.97 Å². The highest BCUT2D eigenvalue weighted by atomic mass is 16.5. The third-order valence-corrected chi connectivity index (χ3v) is 4.36. The molecule has 2 nitrogen and oxygen atoms in total. The van der Waals surface area contributed by atoms with Crippen molar-refractivity contribution in [1.29, 1.82) is 0 Å². The van der Waals surface area contributed by atoms with Gasteiger partial charge in [0, 0.05) is 0 Å². The summed E-state index contributed by atoms with van der Waals surface area (Å²) in [5.74, 6) is 0.974. The van der Waals surface area contributed by atoms with Crippen molar-refractivity contribution in [3.05, 3.63) is 0 Å². The third kappa shape index (κ3) is 3.23. The van der Waals surface area contributed by atoms with Gasteiger partial charge in [0.15, 0.2) is 0 Å². The van der Waals surface area contributed by atoms with E-state index in [1.54, 1.807) is 0 Å². The Hall–Kier alpha value is -0.530. The van der Waals surface area contributed by atoms with Crippen LogP contribution >= 0.6 is 0 Å². The highest BCUT2D eigenvalue weighted by molar-refractivity contribution is 5.72. The Morgan fingerprint density at radius 2 is 1.75 bits per heavy atom. The van der Waals surface area contributed by atoms with E-state index in [0.717, 1.165) is 18.8 Å². The smallest absolute Gasteiger partial charge is 0.308 e. The maximum atomic E-state index is 11.6. The third-order valence-electron chi connectivity index (χ3n) is 4.36. The Kier molecular flexibility index (Phi) is 4.82. The molecule has 0 amide bonds. The molecule has 0 aromatic rings. The summed E-state index contributed by atoms with van der Waals surface area (Å²) >= 11 is 0. The summed E-state index contributed by atoms with van der Waals surface area (Å²) in [7, 11) is 0. The van der Waals surface area contributed by atoms with E-state index in [4.69, 9.17) is 4.74 Å². The molecule has 0 saturated heterocycles. The zero-order valence-electron chi connectivity index (χ0n) is 11.2. The van der Waals surface area contributed by atoms with Gasteiger partial charge in [0.2, 0.25) is 0 Å². The molecule has 0 spiro atoms. The number of rotatable bonds is 4. The van der Waals surface area contributed by atoms with E-state index in [9.17, 15) is 4.79 Å². The summed E-state index contributed by atoms with van der Waals surface area (Å²) < 4.78 is 5.09. The quantitative estimate of drug-likeness (QED) is 0.682. The molecule has 0 aliphatic heterocycles. The Morgan fingerprint density at radius 1 is 1.19 bits per heavy atom. The second-order valence-electron chi connectivity index (χ2n) is 5.64. The lowest BCUT2D eigenvalue weighted by atomic mass is 9.67. The topological polar surface area (TPSA) is 26.3 Å². The molecule has 94 valence electrons. The molecule has 0 unspecified atom stereocenters. The average Bonchev–Trinajstić information content (AvgIpc) is 2.29. The van der Waals surface area contributed by atoms with E-state index in [1.165, 1.54) is 19.3 Å². The predicted octanol–water partition coefficient (Wildman–Crippen LogP) is 3.79. The van der Waals surface area contributed by atoms with Gasteiger partial charge in [0.25, 0.3) is 0 Å². The first-order valence-corrected chi connectivity index (χ1v) is 6.68. The summed E-state index contributed by atoms with van der Waals surface area (Å²) in [4.78, 5) is 11.6. The van der Waals surface area contributed by atoms with Gasteiger partial charge in [0.05, 0.1) is 12.5 Å². The van der Waals surface area contributed by atoms with Gasteiger partial charge >= 0.3 is 5.97 Å². The van der Waals surface area contributed by atoms with Crippen LogP contribution in [-0.4, -0.2) is 12.6 Å². The van der Waals surface area contributed by atoms with Gasteiger partial charge < -0.3 is 4.74 Å². The van der Waals surface area contributed by atoms with Crippen LogP contribution < -0.4 is 0 Å². The van der Waals surface area contributed by atoms with Gasteiger partial charge in [0.1, 0.15) is 0 Å². The molecule has 0 bridgehead atoms. The van der Waals surface area contributed by atoms with Crippen molar-refractivity contribution in [2.75, 3.05) is 6.61 Å². The van der Waals surface area contributed by atoms with Gasteiger partial charge in [-0.25, -0.2) is 0 Å². The molecule has 1 fully saturated rings. The number of ether oxygens (including phenoxy) is 1. The van der Waals surface area contributed by atoms with Crippen LogP contribution in [0.2, 0.25) is 0 Å². The molecular formula is C14H26O2. The monoisotopic (exact) mass is 226 g/mol. The van der Waals surface area contributed by atoms with E-state index in [-0.39, 0.29) is 11.9 Å². The van der Waals surface area contributed by atoms with Gasteiger partial charge in [-0.1, -0.05) is 27.2 Å². The molecule has 0 atom stereocenters. The van der Waals surface area contributed by atoms with Gasteiger partial charge in [-0.3, -0.25) is 4.79 Å². The van der Waals surface area contributed by atoms with Crippen LogP contribution in [-0.2, 0) is 9.53 Å². The molecule has 0 aromatic heterocycles. The molecule has 0 radical (unpaired) electrons. The predicted molar refractivity (Wildman–Crippen MR) is 66.2 cm³/mol. The molecule has 0 N–H and O–H groups in total. The van der Waals surface area contributed by atoms with Crippen LogP contribution in [0.5, 0.6) is 0 Å². The fourth-order valence-corrected chi connectivity index (χ4v) is 2.66. The van der Waals surface area contributed by atoms with Crippen molar-refractivity contribution in [2.24, 2.45) is 17.3 Å². The van der Waals surface area contributed by atoms with Crippen molar-refractivity contribution in [1.82, 2.24) is 0 Å². The number of hydrogen-bond acceptors (Lipinski definition) is 2. The molecule has 1 saturated carbocycles. The minimum Gasteiger partial charge on any atom is -0.466 e. The lowest BCUT2D eigenvalue weighted by Crippen LogP contribution is -2.31. The molecule has 16 heavy (non-hydrogen) atoms. The summed E-state index contributed by atoms with van der Waals surface area (Å²) in [6, 6.07) is 0. The van der Waals surface area contributed by atoms with E-state index in [1.807, 2.05) is 6.92 Å². The zero-order valence-corrected chi connectivity index (χ0v) is 11.2. The standard InChI is InChI=1S/C14H26O2/c1-5-14(3,4)12-9-7-11(8-10-12)13(15)16-6-2/h11-12H,5-10H2,1-4H3. The van der Waals surface area contributed by atoms with Crippen molar-refractivity contribution < 1.29 is 9.53 Å².